The van der Waals surface area contributed by atoms with E-state index in [9.17, 15) is 10.2 Å². The molecule has 0 amide bonds. The quantitative estimate of drug-likeness (QED) is 0.616. The first-order valence-electron chi connectivity index (χ1n) is 9.16. The topological polar surface area (TPSA) is 58.9 Å². The van der Waals surface area contributed by atoms with Crippen molar-refractivity contribution in [2.45, 2.75) is 78.0 Å². The number of aliphatic hydroxyl groups excluding tert-OH is 2. The lowest BCUT2D eigenvalue weighted by Crippen LogP contribution is -2.61. The lowest BCUT2D eigenvalue weighted by molar-refractivity contribution is -0.237. The molecule has 3 fully saturated rings. The summed E-state index contributed by atoms with van der Waals surface area (Å²) < 4.78 is 11.8. The second kappa shape index (κ2) is 6.14. The first-order chi connectivity index (χ1) is 10.9. The molecular formula is C19H32O4. The Bertz CT molecular complexity index is 460. The van der Waals surface area contributed by atoms with E-state index in [1.807, 2.05) is 0 Å². The van der Waals surface area contributed by atoms with E-state index >= 15 is 0 Å². The number of hydrogen-bond donors (Lipinski definition) is 2. The van der Waals surface area contributed by atoms with Crippen LogP contribution in [0.4, 0.5) is 0 Å². The molecule has 0 bridgehead atoms. The molecule has 132 valence electrons. The zero-order chi connectivity index (χ0) is 16.8. The predicted octanol–water partition coefficient (Wildman–Crippen LogP) is 3.23. The Labute approximate surface area is 139 Å². The second-order valence-corrected chi connectivity index (χ2v) is 8.35. The van der Waals surface area contributed by atoms with E-state index < -0.39 is 24.1 Å². The third-order valence-corrected chi connectivity index (χ3v) is 6.66. The zero-order valence-corrected chi connectivity index (χ0v) is 14.8. The highest BCUT2D eigenvalue weighted by atomic mass is 16.7. The Hall–Kier alpha value is -0.420. The molecule has 0 aromatic rings. The van der Waals surface area contributed by atoms with Gasteiger partial charge in [-0.3, -0.25) is 0 Å². The van der Waals surface area contributed by atoms with Crippen LogP contribution in [-0.2, 0) is 9.47 Å². The molecule has 1 saturated heterocycles. The van der Waals surface area contributed by atoms with E-state index in [0.717, 1.165) is 37.7 Å². The summed E-state index contributed by atoms with van der Waals surface area (Å²) in [6, 6.07) is 0. The number of unbranched alkanes of at least 4 members (excludes halogenated alkanes) is 1. The molecule has 6 atom stereocenters. The van der Waals surface area contributed by atoms with Crippen LogP contribution in [0.15, 0.2) is 12.2 Å². The van der Waals surface area contributed by atoms with Crippen molar-refractivity contribution in [3.63, 3.8) is 0 Å². The fourth-order valence-corrected chi connectivity index (χ4v) is 5.47. The molecular weight excluding hydrogens is 292 g/mol. The first kappa shape index (κ1) is 17.4. The van der Waals surface area contributed by atoms with Crippen molar-refractivity contribution >= 4 is 0 Å². The Morgan fingerprint density at radius 1 is 1.30 bits per heavy atom. The maximum Gasteiger partial charge on any atom is 0.168 e. The van der Waals surface area contributed by atoms with Crippen LogP contribution in [0.25, 0.3) is 0 Å². The molecule has 0 aromatic carbocycles. The lowest BCUT2D eigenvalue weighted by Gasteiger charge is -2.59. The van der Waals surface area contributed by atoms with E-state index in [-0.39, 0.29) is 17.3 Å². The number of rotatable bonds is 4. The highest BCUT2D eigenvalue weighted by Gasteiger charge is 2.69. The van der Waals surface area contributed by atoms with Crippen LogP contribution in [0.3, 0.4) is 0 Å². The van der Waals surface area contributed by atoms with Gasteiger partial charge in [0.2, 0.25) is 0 Å². The van der Waals surface area contributed by atoms with E-state index in [0.29, 0.717) is 13.0 Å². The second-order valence-electron chi connectivity index (χ2n) is 8.35. The van der Waals surface area contributed by atoms with Crippen molar-refractivity contribution in [1.82, 2.24) is 0 Å². The molecule has 2 unspecified atom stereocenters. The van der Waals surface area contributed by atoms with Gasteiger partial charge in [-0.1, -0.05) is 39.3 Å². The van der Waals surface area contributed by atoms with E-state index in [2.05, 4.69) is 27.4 Å². The minimum Gasteiger partial charge on any atom is -0.392 e. The lowest BCUT2D eigenvalue weighted by atomic mass is 9.46. The summed E-state index contributed by atoms with van der Waals surface area (Å²) in [5, 5.41) is 21.8. The van der Waals surface area contributed by atoms with Crippen molar-refractivity contribution < 1.29 is 19.7 Å². The van der Waals surface area contributed by atoms with Crippen molar-refractivity contribution in [2.24, 2.45) is 22.7 Å². The maximum atomic E-state index is 10.9. The van der Waals surface area contributed by atoms with Crippen LogP contribution in [0, 0.1) is 22.7 Å². The molecule has 4 heteroatoms. The van der Waals surface area contributed by atoms with Crippen LogP contribution >= 0.6 is 0 Å². The monoisotopic (exact) mass is 324 g/mol. The fourth-order valence-electron chi connectivity index (χ4n) is 5.47. The maximum absolute atomic E-state index is 10.9. The molecule has 2 N–H and O–H groups in total. The summed E-state index contributed by atoms with van der Waals surface area (Å²) in [5.41, 5.74) is 0.491. The van der Waals surface area contributed by atoms with Gasteiger partial charge in [-0.25, -0.2) is 0 Å². The van der Waals surface area contributed by atoms with Gasteiger partial charge in [-0.05, 0) is 43.4 Å². The van der Waals surface area contributed by atoms with Gasteiger partial charge in [0, 0.05) is 12.5 Å². The van der Waals surface area contributed by atoms with E-state index in [1.165, 1.54) is 0 Å². The van der Waals surface area contributed by atoms with Gasteiger partial charge in [-0.2, -0.15) is 0 Å². The van der Waals surface area contributed by atoms with Gasteiger partial charge < -0.3 is 19.7 Å². The Morgan fingerprint density at radius 3 is 2.74 bits per heavy atom. The molecule has 1 spiro atoms. The van der Waals surface area contributed by atoms with Gasteiger partial charge in [0.05, 0.1) is 11.5 Å². The molecule has 0 radical (unpaired) electrons. The average Bonchev–Trinajstić information content (AvgIpc) is 2.79. The van der Waals surface area contributed by atoms with Gasteiger partial charge in [0.25, 0.3) is 0 Å². The summed E-state index contributed by atoms with van der Waals surface area (Å²) in [6.07, 6.45) is 3.59. The van der Waals surface area contributed by atoms with Gasteiger partial charge >= 0.3 is 0 Å². The van der Waals surface area contributed by atoms with Crippen LogP contribution < -0.4 is 0 Å². The minimum atomic E-state index is -0.976. The molecule has 1 aliphatic heterocycles. The number of hydrogen-bond acceptors (Lipinski definition) is 4. The molecule has 2 aliphatic carbocycles. The van der Waals surface area contributed by atoms with Crippen LogP contribution in [-0.4, -0.2) is 35.5 Å². The van der Waals surface area contributed by atoms with E-state index in [1.54, 1.807) is 0 Å². The summed E-state index contributed by atoms with van der Waals surface area (Å²) in [4.78, 5) is 0. The highest BCUT2D eigenvalue weighted by Crippen LogP contribution is 2.66. The smallest absolute Gasteiger partial charge is 0.168 e. The fraction of sp³-hybridized carbons (Fsp3) is 0.895. The first-order valence-corrected chi connectivity index (χ1v) is 9.16. The number of ether oxygens (including phenoxy) is 2. The molecule has 3 aliphatic rings. The summed E-state index contributed by atoms with van der Waals surface area (Å²) >= 11 is 0. The Kier molecular flexibility index (Phi) is 4.65. The summed E-state index contributed by atoms with van der Waals surface area (Å²) in [6.45, 7) is 11.5. The molecule has 2 saturated carbocycles. The van der Waals surface area contributed by atoms with Crippen LogP contribution in [0.1, 0.15) is 59.3 Å². The number of aliphatic hydroxyl groups is 2. The van der Waals surface area contributed by atoms with Crippen LogP contribution in [0.5, 0.6) is 0 Å². The van der Waals surface area contributed by atoms with Crippen molar-refractivity contribution in [3.8, 4) is 0 Å². The van der Waals surface area contributed by atoms with Gasteiger partial charge in [0.15, 0.2) is 12.6 Å². The molecule has 3 rings (SSSR count). The standard InChI is InChI=1S/C19H32O4/c1-5-6-11-22-16-15-12(2)7-8-13-18(3,4)10-9-14(20)19(13,15)17(21)23-16/h13-17,20-21H,2,5-11H2,1,3-4H3/t13-,14+,15?,16-,17?,19-/m0/s1. The summed E-state index contributed by atoms with van der Waals surface area (Å²) in [7, 11) is 0. The van der Waals surface area contributed by atoms with E-state index in [4.69, 9.17) is 9.47 Å². The molecule has 4 nitrogen and oxygen atoms in total. The average molecular weight is 324 g/mol. The third kappa shape index (κ3) is 2.50. The van der Waals surface area contributed by atoms with Crippen LogP contribution in [0.2, 0.25) is 0 Å². The van der Waals surface area contributed by atoms with Crippen molar-refractivity contribution in [2.75, 3.05) is 6.61 Å². The van der Waals surface area contributed by atoms with Crippen molar-refractivity contribution in [3.05, 3.63) is 12.2 Å². The predicted molar refractivity (Wildman–Crippen MR) is 88.5 cm³/mol. The zero-order valence-electron chi connectivity index (χ0n) is 14.8. The normalized spacial score (nSPS) is 45.6. The van der Waals surface area contributed by atoms with Gasteiger partial charge in [-0.15, -0.1) is 0 Å². The molecule has 1 heterocycles. The van der Waals surface area contributed by atoms with Gasteiger partial charge in [0.1, 0.15) is 0 Å². The summed E-state index contributed by atoms with van der Waals surface area (Å²) in [5.74, 6) is 0.117. The molecule has 0 aromatic heterocycles. The Balaban J connectivity index is 1.96. The Morgan fingerprint density at radius 2 is 2.04 bits per heavy atom. The molecule has 23 heavy (non-hydrogen) atoms. The largest absolute Gasteiger partial charge is 0.392 e. The third-order valence-electron chi connectivity index (χ3n) is 6.66. The minimum absolute atomic E-state index is 0.0842. The highest BCUT2D eigenvalue weighted by molar-refractivity contribution is 5.23. The SMILES string of the molecule is C=C1CC[C@H]2C(C)(C)CC[C@@H](O)[C@@]23C(O)O[C@H](OCCCC)C13. The van der Waals surface area contributed by atoms with Crippen molar-refractivity contribution in [1.29, 1.82) is 0 Å².